The number of benzene rings is 2. The van der Waals surface area contributed by atoms with Gasteiger partial charge in [-0.2, -0.15) is 5.10 Å². The Hall–Kier alpha value is -2.73. The molecule has 0 N–H and O–H groups in total. The Kier molecular flexibility index (Phi) is 6.66. The van der Waals surface area contributed by atoms with Crippen molar-refractivity contribution in [1.29, 1.82) is 0 Å². The van der Waals surface area contributed by atoms with Gasteiger partial charge >= 0.3 is 0 Å². The van der Waals surface area contributed by atoms with Gasteiger partial charge in [-0.1, -0.05) is 43.5 Å². The van der Waals surface area contributed by atoms with E-state index in [2.05, 4.69) is 4.90 Å². The summed E-state index contributed by atoms with van der Waals surface area (Å²) in [5, 5.41) is 6.28. The van der Waals surface area contributed by atoms with E-state index in [1.165, 1.54) is 31.4 Å². The van der Waals surface area contributed by atoms with Crippen LogP contribution in [-0.2, 0) is 4.79 Å². The number of methoxy groups -OCH3 is 1. The number of hydrazone groups is 1. The number of nitrogens with zero attached hydrogens (tertiary/aromatic N) is 3. The maximum Gasteiger partial charge on any atom is 0.257 e. The normalized spacial score (nSPS) is 19.5. The van der Waals surface area contributed by atoms with Crippen molar-refractivity contribution in [3.63, 3.8) is 0 Å². The predicted octanol–water partition coefficient (Wildman–Crippen LogP) is 4.78. The average molecular weight is 424 g/mol. The van der Waals surface area contributed by atoms with E-state index < -0.39 is 0 Å². The lowest BCUT2D eigenvalue weighted by Gasteiger charge is -2.32. The van der Waals surface area contributed by atoms with Crippen molar-refractivity contribution in [1.82, 2.24) is 9.91 Å². The average Bonchev–Trinajstić information content (AvgIpc) is 3.25. The highest BCUT2D eigenvalue weighted by molar-refractivity contribution is 6.05. The van der Waals surface area contributed by atoms with Gasteiger partial charge in [0.25, 0.3) is 5.91 Å². The largest absolute Gasteiger partial charge is 0.496 e. The van der Waals surface area contributed by atoms with E-state index in [1.54, 1.807) is 18.2 Å². The summed E-state index contributed by atoms with van der Waals surface area (Å²) in [7, 11) is 3.65. The first-order chi connectivity index (χ1) is 15.1. The number of likely N-dealkylation sites (N-methyl/N-ethyl adjacent to an activating group) is 1. The van der Waals surface area contributed by atoms with Crippen LogP contribution in [0.5, 0.6) is 5.75 Å². The molecule has 2 aromatic carbocycles. The Bertz CT molecular complexity index is 955. The van der Waals surface area contributed by atoms with Crippen molar-refractivity contribution in [3.8, 4) is 5.75 Å². The minimum Gasteiger partial charge on any atom is -0.496 e. The van der Waals surface area contributed by atoms with Gasteiger partial charge in [-0.05, 0) is 49.7 Å². The molecule has 1 aliphatic carbocycles. The Morgan fingerprint density at radius 2 is 1.94 bits per heavy atom. The van der Waals surface area contributed by atoms with Gasteiger partial charge in [0.1, 0.15) is 11.6 Å². The molecule has 1 heterocycles. The van der Waals surface area contributed by atoms with Gasteiger partial charge in [-0.15, -0.1) is 0 Å². The molecule has 2 aromatic rings. The van der Waals surface area contributed by atoms with Crippen LogP contribution in [0.1, 0.15) is 55.7 Å². The molecule has 2 aliphatic rings. The minimum atomic E-state index is -0.331. The number of carbonyl (C=O) groups is 1. The molecule has 0 radical (unpaired) electrons. The summed E-state index contributed by atoms with van der Waals surface area (Å²) in [6.07, 6.45) is 6.49. The fourth-order valence-electron chi connectivity index (χ4n) is 4.70. The highest BCUT2D eigenvalue weighted by Crippen LogP contribution is 2.35. The third kappa shape index (κ3) is 4.79. The molecule has 0 unspecified atom stereocenters. The van der Waals surface area contributed by atoms with Crippen LogP contribution in [0.3, 0.4) is 0 Å². The van der Waals surface area contributed by atoms with E-state index in [0.29, 0.717) is 24.8 Å². The number of halogens is 1. The molecule has 0 bridgehead atoms. The maximum absolute atomic E-state index is 14.0. The Balaban J connectivity index is 1.61. The number of para-hydroxylation sites is 1. The molecule has 1 saturated carbocycles. The van der Waals surface area contributed by atoms with E-state index in [0.717, 1.165) is 29.7 Å². The first kappa shape index (κ1) is 21.5. The molecule has 0 saturated heterocycles. The van der Waals surface area contributed by atoms with E-state index >= 15 is 0 Å². The molecule has 1 aliphatic heterocycles. The molecule has 5 nitrogen and oxygen atoms in total. The summed E-state index contributed by atoms with van der Waals surface area (Å²) < 4.78 is 19.5. The maximum atomic E-state index is 14.0. The zero-order valence-corrected chi connectivity index (χ0v) is 18.3. The van der Waals surface area contributed by atoms with Gasteiger partial charge in [-0.3, -0.25) is 9.69 Å². The number of carbonyl (C=O) groups excluding carboxylic acids is 1. The first-order valence-corrected chi connectivity index (χ1v) is 11.1. The molecule has 1 fully saturated rings. The van der Waals surface area contributed by atoms with E-state index in [-0.39, 0.29) is 17.8 Å². The second kappa shape index (κ2) is 9.60. The molecule has 1 amide bonds. The van der Waals surface area contributed by atoms with Crippen molar-refractivity contribution in [3.05, 3.63) is 65.5 Å². The third-order valence-electron chi connectivity index (χ3n) is 6.40. The van der Waals surface area contributed by atoms with Crippen molar-refractivity contribution >= 4 is 11.6 Å². The fraction of sp³-hybridized carbons (Fsp3) is 0.440. The lowest BCUT2D eigenvalue weighted by molar-refractivity contribution is -0.134. The fourth-order valence-corrected chi connectivity index (χ4v) is 4.70. The monoisotopic (exact) mass is 423 g/mol. The van der Waals surface area contributed by atoms with Crippen LogP contribution < -0.4 is 4.74 Å². The first-order valence-electron chi connectivity index (χ1n) is 11.1. The second-order valence-electron chi connectivity index (χ2n) is 8.47. The summed E-state index contributed by atoms with van der Waals surface area (Å²) in [6, 6.07) is 14.2. The molecule has 6 heteroatoms. The van der Waals surface area contributed by atoms with Crippen LogP contribution in [0, 0.1) is 5.82 Å². The standard InChI is InChI=1S/C25H30FN3O2/c1-28(20-11-4-3-5-12-20)17-25(30)29-23(18-9-8-10-19(26)15-18)16-22(27-29)21-13-6-7-14-24(21)31-2/h6-10,13-15,20,23H,3-5,11-12,16-17H2,1-2H3/t23-/m0/s1. The van der Waals surface area contributed by atoms with Crippen LogP contribution >= 0.6 is 0 Å². The minimum absolute atomic E-state index is 0.0627. The lowest BCUT2D eigenvalue weighted by Crippen LogP contribution is -2.42. The molecule has 31 heavy (non-hydrogen) atoms. The molecule has 0 spiro atoms. The van der Waals surface area contributed by atoms with Crippen LogP contribution in [0.2, 0.25) is 0 Å². The van der Waals surface area contributed by atoms with E-state index in [1.807, 2.05) is 37.4 Å². The topological polar surface area (TPSA) is 45.1 Å². The highest BCUT2D eigenvalue weighted by atomic mass is 19.1. The number of ether oxygens (including phenoxy) is 1. The van der Waals surface area contributed by atoms with E-state index in [4.69, 9.17) is 9.84 Å². The summed E-state index contributed by atoms with van der Waals surface area (Å²) in [4.78, 5) is 15.5. The molecule has 4 rings (SSSR count). The van der Waals surface area contributed by atoms with Crippen molar-refractivity contribution in [2.24, 2.45) is 5.10 Å². The smallest absolute Gasteiger partial charge is 0.257 e. The molecule has 0 aromatic heterocycles. The lowest BCUT2D eigenvalue weighted by atomic mass is 9.94. The Morgan fingerprint density at radius 3 is 2.68 bits per heavy atom. The summed E-state index contributed by atoms with van der Waals surface area (Å²) in [6.45, 7) is 0.305. The SMILES string of the molecule is COc1ccccc1C1=NN(C(=O)CN(C)C2CCCCC2)[C@H](c2cccc(F)c2)C1. The van der Waals surface area contributed by atoms with Gasteiger partial charge < -0.3 is 4.74 Å². The van der Waals surface area contributed by atoms with Gasteiger partial charge in [0.05, 0.1) is 25.4 Å². The van der Waals surface area contributed by atoms with Gasteiger partial charge in [0.15, 0.2) is 0 Å². The molecule has 164 valence electrons. The molecular formula is C25H30FN3O2. The quantitative estimate of drug-likeness (QED) is 0.672. The number of hydrogen-bond donors (Lipinski definition) is 0. The Labute approximate surface area is 183 Å². The van der Waals surface area contributed by atoms with Crippen LogP contribution in [0.4, 0.5) is 4.39 Å². The van der Waals surface area contributed by atoms with Crippen molar-refractivity contribution in [2.45, 2.75) is 50.6 Å². The van der Waals surface area contributed by atoms with E-state index in [9.17, 15) is 9.18 Å². The summed E-state index contributed by atoms with van der Waals surface area (Å²) in [5.74, 6) is 0.343. The third-order valence-corrected chi connectivity index (χ3v) is 6.40. The predicted molar refractivity (Wildman–Crippen MR) is 120 cm³/mol. The van der Waals surface area contributed by atoms with Crippen molar-refractivity contribution < 1.29 is 13.9 Å². The van der Waals surface area contributed by atoms with Crippen LogP contribution in [0.25, 0.3) is 0 Å². The zero-order valence-electron chi connectivity index (χ0n) is 18.3. The van der Waals surface area contributed by atoms with Crippen LogP contribution in [-0.4, -0.2) is 48.3 Å². The number of rotatable bonds is 6. The van der Waals surface area contributed by atoms with Crippen LogP contribution in [0.15, 0.2) is 53.6 Å². The highest BCUT2D eigenvalue weighted by Gasteiger charge is 2.35. The van der Waals surface area contributed by atoms with Crippen molar-refractivity contribution in [2.75, 3.05) is 20.7 Å². The van der Waals surface area contributed by atoms with Gasteiger partial charge in [-0.25, -0.2) is 9.40 Å². The molecule has 1 atom stereocenters. The number of hydrogen-bond acceptors (Lipinski definition) is 4. The molecular weight excluding hydrogens is 393 g/mol. The Morgan fingerprint density at radius 1 is 1.16 bits per heavy atom. The van der Waals surface area contributed by atoms with Gasteiger partial charge in [0, 0.05) is 18.0 Å². The number of amides is 1. The van der Waals surface area contributed by atoms with Gasteiger partial charge in [0.2, 0.25) is 0 Å². The summed E-state index contributed by atoms with van der Waals surface area (Å²) >= 11 is 0. The second-order valence-corrected chi connectivity index (χ2v) is 8.47. The zero-order chi connectivity index (χ0) is 21.8. The summed E-state index contributed by atoms with van der Waals surface area (Å²) in [5.41, 5.74) is 2.39.